The molecular weight excluding hydrogens is 291 g/mol. The highest BCUT2D eigenvalue weighted by Crippen LogP contribution is 2.34. The monoisotopic (exact) mass is 310 g/mol. The second-order valence-corrected chi connectivity index (χ2v) is 6.19. The lowest BCUT2D eigenvalue weighted by Crippen LogP contribution is -2.29. The maximum atomic E-state index is 13.9. The molecule has 0 radical (unpaired) electrons. The highest BCUT2D eigenvalue weighted by atomic mass is 19.1. The van der Waals surface area contributed by atoms with Gasteiger partial charge in [-0.25, -0.2) is 4.39 Å². The van der Waals surface area contributed by atoms with Crippen LogP contribution in [0.1, 0.15) is 28.8 Å². The lowest BCUT2D eigenvalue weighted by atomic mass is 10.1. The number of carbonyl (C=O) groups is 1. The highest BCUT2D eigenvalue weighted by Gasteiger charge is 2.28. The Labute approximate surface area is 135 Å². The van der Waals surface area contributed by atoms with Gasteiger partial charge in [-0.1, -0.05) is 18.2 Å². The van der Waals surface area contributed by atoms with Crippen molar-refractivity contribution in [3.8, 4) is 0 Å². The van der Waals surface area contributed by atoms with E-state index in [1.54, 1.807) is 23.1 Å². The normalized spacial score (nSPS) is 16.7. The van der Waals surface area contributed by atoms with Gasteiger partial charge in [-0.2, -0.15) is 0 Å². The van der Waals surface area contributed by atoms with Gasteiger partial charge < -0.3 is 9.80 Å². The number of anilines is 2. The summed E-state index contributed by atoms with van der Waals surface area (Å²) in [4.78, 5) is 16.8. The number of halogens is 1. The van der Waals surface area contributed by atoms with Gasteiger partial charge in [0.05, 0.1) is 5.56 Å². The minimum atomic E-state index is -0.457. The van der Waals surface area contributed by atoms with E-state index < -0.39 is 5.82 Å². The zero-order valence-corrected chi connectivity index (χ0v) is 13.0. The Morgan fingerprint density at radius 1 is 1.00 bits per heavy atom. The van der Waals surface area contributed by atoms with Crippen molar-refractivity contribution in [3.05, 3.63) is 59.4 Å². The smallest absolute Gasteiger partial charge is 0.261 e. The van der Waals surface area contributed by atoms with E-state index in [4.69, 9.17) is 0 Å². The first-order valence-corrected chi connectivity index (χ1v) is 8.18. The number of rotatable bonds is 2. The maximum Gasteiger partial charge on any atom is 0.261 e. The number of amides is 1. The molecule has 4 heteroatoms. The molecule has 0 spiro atoms. The molecule has 1 saturated heterocycles. The second-order valence-electron chi connectivity index (χ2n) is 6.19. The fraction of sp³-hybridized carbons (Fsp3) is 0.316. The first-order chi connectivity index (χ1) is 11.2. The van der Waals surface area contributed by atoms with Crippen LogP contribution in [0.5, 0.6) is 0 Å². The van der Waals surface area contributed by atoms with Crippen LogP contribution < -0.4 is 9.80 Å². The van der Waals surface area contributed by atoms with Crippen LogP contribution in [0.25, 0.3) is 0 Å². The minimum absolute atomic E-state index is 0.145. The Hall–Kier alpha value is -2.36. The van der Waals surface area contributed by atoms with E-state index >= 15 is 0 Å². The second kappa shape index (κ2) is 5.69. The molecule has 0 aliphatic carbocycles. The molecule has 2 heterocycles. The van der Waals surface area contributed by atoms with Crippen molar-refractivity contribution < 1.29 is 9.18 Å². The minimum Gasteiger partial charge on any atom is -0.371 e. The van der Waals surface area contributed by atoms with Crippen molar-refractivity contribution in [3.63, 3.8) is 0 Å². The van der Waals surface area contributed by atoms with E-state index in [1.807, 2.05) is 0 Å². The van der Waals surface area contributed by atoms with Crippen LogP contribution in [-0.4, -0.2) is 25.5 Å². The molecule has 0 bridgehead atoms. The van der Waals surface area contributed by atoms with Crippen molar-refractivity contribution in [1.82, 2.24) is 0 Å². The molecule has 1 amide bonds. The third kappa shape index (κ3) is 2.48. The molecule has 1 fully saturated rings. The molecule has 2 aromatic rings. The molecule has 4 rings (SSSR count). The average molecular weight is 310 g/mol. The molecule has 0 atom stereocenters. The van der Waals surface area contributed by atoms with E-state index in [1.165, 1.54) is 18.9 Å². The molecule has 2 aliphatic heterocycles. The lowest BCUT2D eigenvalue weighted by molar-refractivity contribution is 0.0985. The van der Waals surface area contributed by atoms with Crippen LogP contribution in [0.2, 0.25) is 0 Å². The van der Waals surface area contributed by atoms with Gasteiger partial charge in [-0.05, 0) is 49.1 Å². The molecule has 0 aromatic heterocycles. The van der Waals surface area contributed by atoms with Crippen molar-refractivity contribution in [1.29, 1.82) is 0 Å². The van der Waals surface area contributed by atoms with Crippen LogP contribution in [0.15, 0.2) is 42.5 Å². The maximum absolute atomic E-state index is 13.9. The molecule has 3 nitrogen and oxygen atoms in total. The number of benzene rings is 2. The quantitative estimate of drug-likeness (QED) is 0.845. The number of fused-ring (bicyclic) bond motifs is 1. The summed E-state index contributed by atoms with van der Waals surface area (Å²) in [5.74, 6) is -0.706. The van der Waals surface area contributed by atoms with Crippen LogP contribution in [0, 0.1) is 5.82 Å². The summed E-state index contributed by atoms with van der Waals surface area (Å²) in [6.07, 6.45) is 3.26. The Morgan fingerprint density at radius 3 is 2.57 bits per heavy atom. The summed E-state index contributed by atoms with van der Waals surface area (Å²) in [6.45, 7) is 2.76. The first-order valence-electron chi connectivity index (χ1n) is 8.18. The van der Waals surface area contributed by atoms with Gasteiger partial charge >= 0.3 is 0 Å². The third-order valence-electron chi connectivity index (χ3n) is 4.79. The van der Waals surface area contributed by atoms with Gasteiger partial charge in [0.1, 0.15) is 5.82 Å². The van der Waals surface area contributed by atoms with E-state index in [-0.39, 0.29) is 11.5 Å². The molecule has 23 heavy (non-hydrogen) atoms. The zero-order valence-electron chi connectivity index (χ0n) is 13.0. The predicted octanol–water partition coefficient (Wildman–Crippen LogP) is 3.63. The van der Waals surface area contributed by atoms with Crippen LogP contribution in [0.3, 0.4) is 0 Å². The average Bonchev–Trinajstić information content (AvgIpc) is 3.24. The molecule has 0 saturated carbocycles. The van der Waals surface area contributed by atoms with Gasteiger partial charge in [0.15, 0.2) is 0 Å². The van der Waals surface area contributed by atoms with Crippen LogP contribution in [-0.2, 0) is 6.42 Å². The summed E-state index contributed by atoms with van der Waals surface area (Å²) >= 11 is 0. The van der Waals surface area contributed by atoms with Gasteiger partial charge in [0.25, 0.3) is 5.91 Å². The van der Waals surface area contributed by atoms with Crippen molar-refractivity contribution in [2.24, 2.45) is 0 Å². The van der Waals surface area contributed by atoms with Gasteiger partial charge in [-0.3, -0.25) is 4.79 Å². The standard InChI is InChI=1S/C19H19FN2O/c20-17-6-2-1-5-16(17)19(23)22-12-9-14-7-8-15(13-18(14)22)21-10-3-4-11-21/h1-2,5-8,13H,3-4,9-12H2. The Bertz CT molecular complexity index is 753. The Morgan fingerprint density at radius 2 is 1.78 bits per heavy atom. The topological polar surface area (TPSA) is 23.6 Å². The van der Waals surface area contributed by atoms with E-state index in [2.05, 4.69) is 23.1 Å². The van der Waals surface area contributed by atoms with Crippen LogP contribution in [0.4, 0.5) is 15.8 Å². The summed E-state index contributed by atoms with van der Waals surface area (Å²) in [5.41, 5.74) is 3.40. The van der Waals surface area contributed by atoms with Crippen molar-refractivity contribution >= 4 is 17.3 Å². The number of hydrogen-bond acceptors (Lipinski definition) is 2. The number of nitrogens with zero attached hydrogens (tertiary/aromatic N) is 2. The molecule has 0 unspecified atom stereocenters. The van der Waals surface area contributed by atoms with Crippen LogP contribution >= 0.6 is 0 Å². The predicted molar refractivity (Wildman–Crippen MR) is 89.7 cm³/mol. The Balaban J connectivity index is 1.67. The van der Waals surface area contributed by atoms with Gasteiger partial charge in [-0.15, -0.1) is 0 Å². The summed E-state index contributed by atoms with van der Waals surface area (Å²) in [7, 11) is 0. The highest BCUT2D eigenvalue weighted by molar-refractivity contribution is 6.07. The fourth-order valence-electron chi connectivity index (χ4n) is 3.53. The molecular formula is C19H19FN2O. The van der Waals surface area contributed by atoms with E-state index in [9.17, 15) is 9.18 Å². The molecule has 2 aromatic carbocycles. The molecule has 2 aliphatic rings. The first kappa shape index (κ1) is 14.2. The molecule has 118 valence electrons. The van der Waals surface area contributed by atoms with Crippen molar-refractivity contribution in [2.75, 3.05) is 29.4 Å². The van der Waals surface area contributed by atoms with Gasteiger partial charge in [0.2, 0.25) is 0 Å². The van der Waals surface area contributed by atoms with E-state index in [0.29, 0.717) is 6.54 Å². The van der Waals surface area contributed by atoms with E-state index in [0.717, 1.165) is 36.4 Å². The lowest BCUT2D eigenvalue weighted by Gasteiger charge is -2.22. The van der Waals surface area contributed by atoms with Gasteiger partial charge in [0, 0.05) is 31.0 Å². The third-order valence-corrected chi connectivity index (χ3v) is 4.79. The Kier molecular flexibility index (Phi) is 3.52. The fourth-order valence-corrected chi connectivity index (χ4v) is 3.53. The summed E-state index contributed by atoms with van der Waals surface area (Å²) in [6, 6.07) is 12.5. The molecule has 0 N–H and O–H groups in total. The number of hydrogen-bond donors (Lipinski definition) is 0. The SMILES string of the molecule is O=C(c1ccccc1F)N1CCc2ccc(N3CCCC3)cc21. The largest absolute Gasteiger partial charge is 0.371 e. The zero-order chi connectivity index (χ0) is 15.8. The van der Waals surface area contributed by atoms with Crippen molar-refractivity contribution in [2.45, 2.75) is 19.3 Å². The summed E-state index contributed by atoms with van der Waals surface area (Å²) in [5, 5.41) is 0. The number of carbonyl (C=O) groups excluding carboxylic acids is 1. The summed E-state index contributed by atoms with van der Waals surface area (Å²) < 4.78 is 13.9.